The smallest absolute Gasteiger partial charge is 0.470 e. The molecule has 3 rings (SSSR count). The van der Waals surface area contributed by atoms with E-state index in [0.29, 0.717) is 16.9 Å². The van der Waals surface area contributed by atoms with Crippen LogP contribution in [0, 0.1) is 5.82 Å². The van der Waals surface area contributed by atoms with E-state index in [1.165, 1.54) is 25.1 Å². The number of carbonyl (C=O) groups is 2. The predicted octanol–water partition coefficient (Wildman–Crippen LogP) is 3.15. The third kappa shape index (κ3) is 4.76. The largest absolute Gasteiger partial charge is 0.485 e. The summed E-state index contributed by atoms with van der Waals surface area (Å²) in [5.41, 5.74) is -0.448. The summed E-state index contributed by atoms with van der Waals surface area (Å²) in [7, 11) is -4.96. The van der Waals surface area contributed by atoms with Crippen molar-refractivity contribution in [3.05, 3.63) is 65.0 Å². The molecule has 10 heteroatoms. The molecule has 1 aliphatic rings. The molecule has 0 saturated heterocycles. The highest BCUT2D eigenvalue weighted by Gasteiger charge is 2.48. The van der Waals surface area contributed by atoms with Crippen LogP contribution in [0.5, 0.6) is 5.75 Å². The Kier molecular flexibility index (Phi) is 5.84. The Balaban J connectivity index is 2.08. The lowest BCUT2D eigenvalue weighted by atomic mass is 9.85. The summed E-state index contributed by atoms with van der Waals surface area (Å²) in [4.78, 5) is 43.5. The summed E-state index contributed by atoms with van der Waals surface area (Å²) < 4.78 is 35.7. The normalized spacial score (nSPS) is 20.1. The van der Waals surface area contributed by atoms with Crippen LogP contribution in [0.3, 0.4) is 0 Å². The predicted molar refractivity (Wildman–Crippen MR) is 105 cm³/mol. The van der Waals surface area contributed by atoms with Crippen molar-refractivity contribution in [3.63, 3.8) is 0 Å². The standard InChI is InChI=1S/C20H21FNO7P/c1-11(23)13-6-9-16-15(10-13)17(18(20(2,3)28-16)29-30(25,26)27)22-19(24)12-4-7-14(21)8-5-12/h4-10,17-18H,1-3H3,(H,22,24)(H2,25,26,27)/t17-,18-/m0/s1. The van der Waals surface area contributed by atoms with E-state index in [2.05, 4.69) is 5.32 Å². The number of fused-ring (bicyclic) bond motifs is 1. The van der Waals surface area contributed by atoms with Crippen LogP contribution in [0.15, 0.2) is 42.5 Å². The van der Waals surface area contributed by atoms with Crippen molar-refractivity contribution >= 4 is 19.5 Å². The number of halogens is 1. The van der Waals surface area contributed by atoms with Gasteiger partial charge in [-0.3, -0.25) is 14.1 Å². The molecular formula is C20H21FNO7P. The molecule has 0 radical (unpaired) electrons. The Morgan fingerprint density at radius 2 is 1.73 bits per heavy atom. The Morgan fingerprint density at radius 3 is 2.30 bits per heavy atom. The molecule has 2 aromatic rings. The number of ketones is 1. The third-order valence-corrected chi connectivity index (χ3v) is 5.26. The minimum Gasteiger partial charge on any atom is -0.485 e. The Labute approximate surface area is 172 Å². The summed E-state index contributed by atoms with van der Waals surface area (Å²) in [6.07, 6.45) is -1.29. The fourth-order valence-corrected chi connectivity index (χ4v) is 4.00. The third-order valence-electron chi connectivity index (χ3n) is 4.76. The molecule has 3 N–H and O–H groups in total. The molecule has 1 amide bonds. The Morgan fingerprint density at radius 1 is 1.13 bits per heavy atom. The van der Waals surface area contributed by atoms with E-state index in [1.54, 1.807) is 26.0 Å². The fourth-order valence-electron chi connectivity index (χ4n) is 3.32. The number of amides is 1. The number of phosphoric acid groups is 1. The summed E-state index contributed by atoms with van der Waals surface area (Å²) in [5.74, 6) is -1.03. The average Bonchev–Trinajstić information content (AvgIpc) is 2.63. The van der Waals surface area contributed by atoms with Crippen LogP contribution in [-0.4, -0.2) is 33.2 Å². The second kappa shape index (κ2) is 7.92. The van der Waals surface area contributed by atoms with Gasteiger partial charge in [0.1, 0.15) is 23.3 Å². The van der Waals surface area contributed by atoms with E-state index in [1.807, 2.05) is 0 Å². The first-order valence-corrected chi connectivity index (χ1v) is 10.5. The molecule has 0 fully saturated rings. The van der Waals surface area contributed by atoms with Crippen LogP contribution in [0.25, 0.3) is 0 Å². The van der Waals surface area contributed by atoms with Gasteiger partial charge in [-0.15, -0.1) is 0 Å². The van der Waals surface area contributed by atoms with Crippen LogP contribution in [0.1, 0.15) is 53.1 Å². The average molecular weight is 437 g/mol. The van der Waals surface area contributed by atoms with Gasteiger partial charge in [-0.2, -0.15) is 0 Å². The van der Waals surface area contributed by atoms with E-state index in [-0.39, 0.29) is 11.3 Å². The molecular weight excluding hydrogens is 416 g/mol. The van der Waals surface area contributed by atoms with Crippen molar-refractivity contribution in [2.45, 2.75) is 38.5 Å². The lowest BCUT2D eigenvalue weighted by molar-refractivity contribution is -0.0597. The number of phosphoric ester groups is 1. The van der Waals surface area contributed by atoms with Gasteiger partial charge in [0, 0.05) is 16.7 Å². The summed E-state index contributed by atoms with van der Waals surface area (Å²) in [5, 5.41) is 2.68. The Bertz CT molecular complexity index is 1030. The van der Waals surface area contributed by atoms with Gasteiger partial charge in [-0.05, 0) is 63.2 Å². The number of nitrogens with one attached hydrogen (secondary N) is 1. The molecule has 0 spiro atoms. The number of hydrogen-bond donors (Lipinski definition) is 3. The number of carbonyl (C=O) groups excluding carboxylic acids is 2. The van der Waals surface area contributed by atoms with Crippen molar-refractivity contribution in [2.24, 2.45) is 0 Å². The summed E-state index contributed by atoms with van der Waals surface area (Å²) in [6, 6.07) is 8.33. The Hall–Kier alpha value is -2.58. The molecule has 8 nitrogen and oxygen atoms in total. The number of rotatable bonds is 5. The first kappa shape index (κ1) is 22.1. The first-order chi connectivity index (χ1) is 13.9. The number of benzene rings is 2. The van der Waals surface area contributed by atoms with Gasteiger partial charge in [-0.1, -0.05) is 0 Å². The molecule has 1 heterocycles. The van der Waals surface area contributed by atoms with Crippen molar-refractivity contribution in [2.75, 3.05) is 0 Å². The monoisotopic (exact) mass is 437 g/mol. The zero-order chi connectivity index (χ0) is 22.3. The highest BCUT2D eigenvalue weighted by atomic mass is 31.2. The molecule has 0 unspecified atom stereocenters. The lowest BCUT2D eigenvalue weighted by Crippen LogP contribution is -2.54. The van der Waals surface area contributed by atoms with Crippen molar-refractivity contribution in [1.82, 2.24) is 5.32 Å². The van der Waals surface area contributed by atoms with Gasteiger partial charge in [-0.25, -0.2) is 8.96 Å². The second-order valence-electron chi connectivity index (χ2n) is 7.49. The fraction of sp³-hybridized carbons (Fsp3) is 0.300. The molecule has 0 aromatic heterocycles. The van der Waals surface area contributed by atoms with Crippen LogP contribution in [0.2, 0.25) is 0 Å². The van der Waals surface area contributed by atoms with E-state index in [4.69, 9.17) is 9.26 Å². The lowest BCUT2D eigenvalue weighted by Gasteiger charge is -2.44. The molecule has 2 atom stereocenters. The molecule has 0 aliphatic carbocycles. The van der Waals surface area contributed by atoms with Gasteiger partial charge in [0.25, 0.3) is 5.91 Å². The maximum Gasteiger partial charge on any atom is 0.470 e. The van der Waals surface area contributed by atoms with Crippen molar-refractivity contribution in [3.8, 4) is 5.75 Å². The molecule has 2 aromatic carbocycles. The number of hydrogen-bond acceptors (Lipinski definition) is 5. The zero-order valence-corrected chi connectivity index (χ0v) is 17.4. The van der Waals surface area contributed by atoms with E-state index in [9.17, 15) is 28.3 Å². The minimum absolute atomic E-state index is 0.139. The van der Waals surface area contributed by atoms with Crippen LogP contribution in [0.4, 0.5) is 4.39 Å². The molecule has 0 bridgehead atoms. The van der Waals surface area contributed by atoms with Crippen LogP contribution in [-0.2, 0) is 9.09 Å². The molecule has 30 heavy (non-hydrogen) atoms. The van der Waals surface area contributed by atoms with Crippen molar-refractivity contribution < 1.29 is 37.6 Å². The topological polar surface area (TPSA) is 122 Å². The zero-order valence-electron chi connectivity index (χ0n) is 16.5. The van der Waals surface area contributed by atoms with Gasteiger partial charge in [0.15, 0.2) is 5.78 Å². The quantitative estimate of drug-likeness (QED) is 0.485. The summed E-state index contributed by atoms with van der Waals surface area (Å²) >= 11 is 0. The van der Waals surface area contributed by atoms with E-state index < -0.39 is 37.3 Å². The van der Waals surface area contributed by atoms with Gasteiger partial charge in [0.2, 0.25) is 0 Å². The maximum atomic E-state index is 13.2. The van der Waals surface area contributed by atoms with E-state index in [0.717, 1.165) is 12.1 Å². The van der Waals surface area contributed by atoms with Crippen LogP contribution < -0.4 is 10.1 Å². The number of ether oxygens (including phenoxy) is 1. The van der Waals surface area contributed by atoms with Gasteiger partial charge >= 0.3 is 7.82 Å². The van der Waals surface area contributed by atoms with Gasteiger partial charge < -0.3 is 19.8 Å². The van der Waals surface area contributed by atoms with Crippen LogP contribution >= 0.6 is 7.82 Å². The second-order valence-corrected chi connectivity index (χ2v) is 8.68. The van der Waals surface area contributed by atoms with Crippen molar-refractivity contribution in [1.29, 1.82) is 0 Å². The highest BCUT2D eigenvalue weighted by Crippen LogP contribution is 2.48. The maximum absolute atomic E-state index is 13.2. The highest BCUT2D eigenvalue weighted by molar-refractivity contribution is 7.46. The SMILES string of the molecule is CC(=O)c1ccc2c(c1)[C@H](NC(=O)c1ccc(F)cc1)[C@H](OP(=O)(O)O)C(C)(C)O2. The number of Topliss-reactive ketones (excluding diaryl/α,β-unsaturated/α-hetero) is 1. The molecule has 160 valence electrons. The summed E-state index contributed by atoms with van der Waals surface area (Å²) in [6.45, 7) is 4.49. The minimum atomic E-state index is -4.96. The van der Waals surface area contributed by atoms with Gasteiger partial charge in [0.05, 0.1) is 6.04 Å². The molecule has 1 aliphatic heterocycles. The van der Waals surface area contributed by atoms with E-state index >= 15 is 0 Å². The first-order valence-electron chi connectivity index (χ1n) is 9.02. The molecule has 0 saturated carbocycles.